The van der Waals surface area contributed by atoms with Crippen molar-refractivity contribution in [1.29, 1.82) is 0 Å². The normalized spacial score (nSPS) is 10.9. The molecule has 0 aliphatic carbocycles. The molecule has 0 bridgehead atoms. The van der Waals surface area contributed by atoms with Gasteiger partial charge in [-0.3, -0.25) is 15.1 Å². The van der Waals surface area contributed by atoms with Gasteiger partial charge in [0.1, 0.15) is 5.75 Å². The van der Waals surface area contributed by atoms with E-state index in [0.717, 1.165) is 5.56 Å². The summed E-state index contributed by atoms with van der Waals surface area (Å²) in [7, 11) is 3.03. The van der Waals surface area contributed by atoms with E-state index in [4.69, 9.17) is 9.47 Å². The van der Waals surface area contributed by atoms with E-state index in [0.29, 0.717) is 17.9 Å². The highest BCUT2D eigenvalue weighted by Crippen LogP contribution is 2.11. The van der Waals surface area contributed by atoms with E-state index in [1.807, 2.05) is 12.1 Å². The van der Waals surface area contributed by atoms with Gasteiger partial charge in [0.2, 0.25) is 0 Å². The molecular formula is C16H17N3O3. The number of hydrogen-bond donors (Lipinski definition) is 1. The summed E-state index contributed by atoms with van der Waals surface area (Å²) in [6.45, 7) is 0.375. The Labute approximate surface area is 128 Å². The van der Waals surface area contributed by atoms with Crippen LogP contribution < -0.4 is 10.1 Å². The number of methoxy groups -OCH3 is 2. The predicted octanol–water partition coefficient (Wildman–Crippen LogP) is 2.02. The van der Waals surface area contributed by atoms with Crippen molar-refractivity contribution in [1.82, 2.24) is 10.3 Å². The molecule has 114 valence electrons. The summed E-state index contributed by atoms with van der Waals surface area (Å²) in [5, 5.41) is 2.62. The van der Waals surface area contributed by atoms with Gasteiger partial charge in [0, 0.05) is 18.0 Å². The van der Waals surface area contributed by atoms with Crippen LogP contribution in [-0.2, 0) is 11.3 Å². The van der Waals surface area contributed by atoms with E-state index >= 15 is 0 Å². The molecule has 0 spiro atoms. The first-order valence-corrected chi connectivity index (χ1v) is 6.65. The Balaban J connectivity index is 2.00. The Morgan fingerprint density at radius 2 is 2.00 bits per heavy atom. The minimum Gasteiger partial charge on any atom is -0.497 e. The van der Waals surface area contributed by atoms with Gasteiger partial charge in [-0.25, -0.2) is 4.99 Å². The SMILES string of the molecule is COC(=NCc1cccnc1)NC(=O)c1ccc(OC)cc1. The standard InChI is InChI=1S/C16H17N3O3/c1-21-14-7-5-13(6-8-14)15(20)19-16(22-2)18-11-12-4-3-9-17-10-12/h3-10H,11H2,1-2H3,(H,18,19,20). The van der Waals surface area contributed by atoms with Gasteiger partial charge < -0.3 is 9.47 Å². The van der Waals surface area contributed by atoms with Crippen LogP contribution in [0.3, 0.4) is 0 Å². The third-order valence-electron chi connectivity index (χ3n) is 2.89. The van der Waals surface area contributed by atoms with Gasteiger partial charge in [0.25, 0.3) is 11.9 Å². The van der Waals surface area contributed by atoms with Crippen LogP contribution in [0.15, 0.2) is 53.8 Å². The zero-order valence-corrected chi connectivity index (χ0v) is 12.4. The lowest BCUT2D eigenvalue weighted by molar-refractivity contribution is 0.0968. The van der Waals surface area contributed by atoms with Crippen molar-refractivity contribution in [2.45, 2.75) is 6.54 Å². The molecule has 0 radical (unpaired) electrons. The summed E-state index contributed by atoms with van der Waals surface area (Å²) in [4.78, 5) is 20.3. The largest absolute Gasteiger partial charge is 0.497 e. The van der Waals surface area contributed by atoms with E-state index < -0.39 is 0 Å². The van der Waals surface area contributed by atoms with Crippen molar-refractivity contribution in [3.8, 4) is 5.75 Å². The summed E-state index contributed by atoms with van der Waals surface area (Å²) in [5.41, 5.74) is 1.42. The van der Waals surface area contributed by atoms with Crippen molar-refractivity contribution in [3.05, 3.63) is 59.9 Å². The second kappa shape index (κ2) is 7.78. The second-order valence-corrected chi connectivity index (χ2v) is 4.37. The molecule has 6 heteroatoms. The molecule has 1 N–H and O–H groups in total. The van der Waals surface area contributed by atoms with Gasteiger partial charge in [0.15, 0.2) is 0 Å². The van der Waals surface area contributed by atoms with Crippen LogP contribution in [0.4, 0.5) is 0 Å². The first-order chi connectivity index (χ1) is 10.7. The number of ether oxygens (including phenoxy) is 2. The minimum atomic E-state index is -0.297. The Hall–Kier alpha value is -2.89. The van der Waals surface area contributed by atoms with E-state index in [9.17, 15) is 4.79 Å². The molecule has 0 saturated carbocycles. The van der Waals surface area contributed by atoms with E-state index in [1.54, 1.807) is 43.8 Å². The number of rotatable bonds is 4. The van der Waals surface area contributed by atoms with Gasteiger partial charge >= 0.3 is 0 Å². The minimum absolute atomic E-state index is 0.157. The van der Waals surface area contributed by atoms with Crippen LogP contribution in [0.5, 0.6) is 5.75 Å². The number of carbonyl (C=O) groups is 1. The lowest BCUT2D eigenvalue weighted by Gasteiger charge is -2.08. The molecule has 22 heavy (non-hydrogen) atoms. The van der Waals surface area contributed by atoms with Crippen LogP contribution in [0.2, 0.25) is 0 Å². The number of aromatic nitrogens is 1. The lowest BCUT2D eigenvalue weighted by Crippen LogP contribution is -2.31. The molecule has 6 nitrogen and oxygen atoms in total. The number of nitrogens with one attached hydrogen (secondary N) is 1. The highest BCUT2D eigenvalue weighted by molar-refractivity contribution is 6.04. The van der Waals surface area contributed by atoms with E-state index in [1.165, 1.54) is 7.11 Å². The lowest BCUT2D eigenvalue weighted by atomic mass is 10.2. The van der Waals surface area contributed by atoms with Crippen LogP contribution in [0.1, 0.15) is 15.9 Å². The smallest absolute Gasteiger partial charge is 0.291 e. The number of amides is 1. The molecular weight excluding hydrogens is 282 g/mol. The number of benzene rings is 1. The average Bonchev–Trinajstić information content (AvgIpc) is 2.59. The van der Waals surface area contributed by atoms with Crippen molar-refractivity contribution in [2.24, 2.45) is 4.99 Å². The molecule has 0 unspecified atom stereocenters. The predicted molar refractivity (Wildman–Crippen MR) is 82.8 cm³/mol. The number of carbonyl (C=O) groups excluding carboxylic acids is 1. The Bertz CT molecular complexity index is 639. The van der Waals surface area contributed by atoms with Crippen LogP contribution in [0.25, 0.3) is 0 Å². The van der Waals surface area contributed by atoms with Crippen LogP contribution in [0, 0.1) is 0 Å². The van der Waals surface area contributed by atoms with Gasteiger partial charge in [-0.05, 0) is 35.9 Å². The number of aliphatic imine (C=N–C) groups is 1. The third-order valence-corrected chi connectivity index (χ3v) is 2.89. The molecule has 0 atom stereocenters. The number of pyridine rings is 1. The van der Waals surface area contributed by atoms with Crippen molar-refractivity contribution in [3.63, 3.8) is 0 Å². The van der Waals surface area contributed by atoms with Gasteiger partial charge in [-0.2, -0.15) is 0 Å². The zero-order valence-electron chi connectivity index (χ0n) is 12.4. The first kappa shape index (κ1) is 15.5. The quantitative estimate of drug-likeness (QED) is 0.692. The molecule has 1 heterocycles. The van der Waals surface area contributed by atoms with E-state index in [-0.39, 0.29) is 11.9 Å². The van der Waals surface area contributed by atoms with Crippen molar-refractivity contribution in [2.75, 3.05) is 14.2 Å². The number of nitrogens with zero attached hydrogens (tertiary/aromatic N) is 2. The fourth-order valence-corrected chi connectivity index (χ4v) is 1.72. The fraction of sp³-hybridized carbons (Fsp3) is 0.188. The third kappa shape index (κ3) is 4.31. The molecule has 0 aliphatic rings. The summed E-state index contributed by atoms with van der Waals surface area (Å²) in [6.07, 6.45) is 3.40. The maximum Gasteiger partial charge on any atom is 0.291 e. The zero-order chi connectivity index (χ0) is 15.8. The van der Waals surface area contributed by atoms with Gasteiger partial charge in [0.05, 0.1) is 20.8 Å². The summed E-state index contributed by atoms with van der Waals surface area (Å²) >= 11 is 0. The Morgan fingerprint density at radius 3 is 2.59 bits per heavy atom. The number of hydrogen-bond acceptors (Lipinski definition) is 5. The highest BCUT2D eigenvalue weighted by Gasteiger charge is 2.09. The van der Waals surface area contributed by atoms with Crippen LogP contribution in [-0.4, -0.2) is 31.1 Å². The molecule has 0 fully saturated rings. The topological polar surface area (TPSA) is 72.8 Å². The molecule has 1 aromatic heterocycles. The van der Waals surface area contributed by atoms with Gasteiger partial charge in [-0.15, -0.1) is 0 Å². The first-order valence-electron chi connectivity index (χ1n) is 6.65. The number of amidine groups is 1. The maximum atomic E-state index is 12.1. The van der Waals surface area contributed by atoms with Crippen molar-refractivity contribution >= 4 is 11.9 Å². The summed E-state index contributed by atoms with van der Waals surface area (Å²) in [6, 6.07) is 10.7. The average molecular weight is 299 g/mol. The second-order valence-electron chi connectivity index (χ2n) is 4.37. The van der Waals surface area contributed by atoms with Crippen molar-refractivity contribution < 1.29 is 14.3 Å². The Kier molecular flexibility index (Phi) is 5.48. The fourth-order valence-electron chi connectivity index (χ4n) is 1.72. The molecule has 2 aromatic rings. The summed E-state index contributed by atoms with van der Waals surface area (Å²) in [5.74, 6) is 0.392. The maximum absolute atomic E-state index is 12.1. The molecule has 1 amide bonds. The molecule has 0 aliphatic heterocycles. The van der Waals surface area contributed by atoms with Crippen LogP contribution >= 0.6 is 0 Å². The monoisotopic (exact) mass is 299 g/mol. The van der Waals surface area contributed by atoms with E-state index in [2.05, 4.69) is 15.3 Å². The van der Waals surface area contributed by atoms with Gasteiger partial charge in [-0.1, -0.05) is 6.07 Å². The highest BCUT2D eigenvalue weighted by atomic mass is 16.5. The Morgan fingerprint density at radius 1 is 1.23 bits per heavy atom. The summed E-state index contributed by atoms with van der Waals surface area (Å²) < 4.78 is 10.1. The molecule has 1 aromatic carbocycles. The molecule has 2 rings (SSSR count). The molecule has 0 saturated heterocycles.